The Hall–Kier alpha value is -0.800. The highest BCUT2D eigenvalue weighted by Gasteiger charge is 2.41. The molecular formula is C18H31F3O. The monoisotopic (exact) mass is 320 g/mol. The van der Waals surface area contributed by atoms with E-state index in [0.29, 0.717) is 12.8 Å². The van der Waals surface area contributed by atoms with Gasteiger partial charge in [0.15, 0.2) is 0 Å². The van der Waals surface area contributed by atoms with Gasteiger partial charge in [0.1, 0.15) is 0 Å². The van der Waals surface area contributed by atoms with Gasteiger partial charge in [0.2, 0.25) is 5.78 Å². The molecule has 0 fully saturated rings. The maximum absolute atomic E-state index is 12.6. The van der Waals surface area contributed by atoms with Gasteiger partial charge in [-0.25, -0.2) is 0 Å². The van der Waals surface area contributed by atoms with Gasteiger partial charge in [-0.15, -0.1) is 0 Å². The van der Waals surface area contributed by atoms with Crippen molar-refractivity contribution >= 4 is 5.78 Å². The molecule has 0 aromatic carbocycles. The first-order valence-corrected chi connectivity index (χ1v) is 8.71. The lowest BCUT2D eigenvalue weighted by Gasteiger charge is -2.14. The van der Waals surface area contributed by atoms with Crippen LogP contribution in [0, 0.1) is 5.92 Å². The first kappa shape index (κ1) is 21.2. The van der Waals surface area contributed by atoms with E-state index in [-0.39, 0.29) is 0 Å². The summed E-state index contributed by atoms with van der Waals surface area (Å²) >= 11 is 0. The van der Waals surface area contributed by atoms with Crippen molar-refractivity contribution in [1.29, 1.82) is 0 Å². The van der Waals surface area contributed by atoms with Crippen LogP contribution in [0.5, 0.6) is 0 Å². The number of allylic oxidation sites excluding steroid dienone is 2. The minimum atomic E-state index is -4.72. The highest BCUT2D eigenvalue weighted by atomic mass is 19.4. The predicted molar refractivity (Wildman–Crippen MR) is 85.8 cm³/mol. The van der Waals surface area contributed by atoms with E-state index >= 15 is 0 Å². The molecule has 1 atom stereocenters. The van der Waals surface area contributed by atoms with Crippen LogP contribution in [0.3, 0.4) is 0 Å². The van der Waals surface area contributed by atoms with E-state index in [9.17, 15) is 18.0 Å². The van der Waals surface area contributed by atoms with Crippen molar-refractivity contribution in [1.82, 2.24) is 0 Å². The molecule has 0 rings (SSSR count). The third kappa shape index (κ3) is 10.9. The second kappa shape index (κ2) is 12.7. The quantitative estimate of drug-likeness (QED) is 0.275. The highest BCUT2D eigenvalue weighted by molar-refractivity contribution is 5.87. The molecule has 22 heavy (non-hydrogen) atoms. The highest BCUT2D eigenvalue weighted by Crippen LogP contribution is 2.25. The van der Waals surface area contributed by atoms with Crippen LogP contribution in [0.4, 0.5) is 13.2 Å². The van der Waals surface area contributed by atoms with E-state index < -0.39 is 17.9 Å². The number of ketones is 1. The fraction of sp³-hybridized carbons (Fsp3) is 0.833. The Balaban J connectivity index is 4.24. The van der Waals surface area contributed by atoms with Crippen LogP contribution in [0.1, 0.15) is 84.5 Å². The van der Waals surface area contributed by atoms with Gasteiger partial charge in [-0.05, 0) is 19.3 Å². The average Bonchev–Trinajstić information content (AvgIpc) is 2.46. The van der Waals surface area contributed by atoms with E-state index in [1.54, 1.807) is 6.08 Å². The van der Waals surface area contributed by atoms with E-state index in [0.717, 1.165) is 38.5 Å². The van der Waals surface area contributed by atoms with Gasteiger partial charge < -0.3 is 0 Å². The van der Waals surface area contributed by atoms with Crippen molar-refractivity contribution in [2.24, 2.45) is 5.92 Å². The van der Waals surface area contributed by atoms with Gasteiger partial charge in [-0.2, -0.15) is 13.2 Å². The summed E-state index contributed by atoms with van der Waals surface area (Å²) in [5, 5.41) is 0. The van der Waals surface area contributed by atoms with Crippen LogP contribution in [-0.4, -0.2) is 12.0 Å². The van der Waals surface area contributed by atoms with Crippen LogP contribution >= 0.6 is 0 Å². The van der Waals surface area contributed by atoms with Crippen LogP contribution in [0.25, 0.3) is 0 Å². The average molecular weight is 320 g/mol. The van der Waals surface area contributed by atoms with Crippen molar-refractivity contribution in [2.45, 2.75) is 90.7 Å². The summed E-state index contributed by atoms with van der Waals surface area (Å²) in [6.45, 7) is 4.20. The third-order valence-electron chi connectivity index (χ3n) is 3.83. The number of carbonyl (C=O) groups excluding carboxylic acids is 1. The second-order valence-corrected chi connectivity index (χ2v) is 5.95. The number of hydrogen-bond donors (Lipinski definition) is 0. The molecule has 0 saturated carbocycles. The van der Waals surface area contributed by atoms with Gasteiger partial charge in [-0.1, -0.05) is 77.4 Å². The summed E-state index contributed by atoms with van der Waals surface area (Å²) in [6.07, 6.45) is 8.86. The van der Waals surface area contributed by atoms with Gasteiger partial charge in [0.05, 0.1) is 0 Å². The Labute approximate surface area is 133 Å². The first-order valence-electron chi connectivity index (χ1n) is 8.71. The molecule has 130 valence electrons. The van der Waals surface area contributed by atoms with Crippen molar-refractivity contribution < 1.29 is 18.0 Å². The number of carbonyl (C=O) groups is 1. The molecule has 1 nitrogen and oxygen atoms in total. The van der Waals surface area contributed by atoms with Crippen LogP contribution in [-0.2, 0) is 4.79 Å². The van der Waals surface area contributed by atoms with E-state index in [4.69, 9.17) is 0 Å². The molecule has 0 aromatic heterocycles. The minimum absolute atomic E-state index is 0.310. The number of hydrogen-bond acceptors (Lipinski definition) is 1. The molecular weight excluding hydrogens is 289 g/mol. The summed E-state index contributed by atoms with van der Waals surface area (Å²) in [6, 6.07) is 0. The fourth-order valence-corrected chi connectivity index (χ4v) is 2.44. The number of rotatable bonds is 13. The molecule has 0 N–H and O–H groups in total. The molecule has 0 aliphatic rings. The fourth-order valence-electron chi connectivity index (χ4n) is 2.44. The maximum atomic E-state index is 12.6. The lowest BCUT2D eigenvalue weighted by Crippen LogP contribution is -2.29. The lowest BCUT2D eigenvalue weighted by atomic mass is 9.95. The summed E-state index contributed by atoms with van der Waals surface area (Å²) in [7, 11) is 0. The first-order chi connectivity index (χ1) is 10.4. The summed E-state index contributed by atoms with van der Waals surface area (Å²) < 4.78 is 37.8. The summed E-state index contributed by atoms with van der Waals surface area (Å²) in [5.41, 5.74) is 0. The Morgan fingerprint density at radius 1 is 0.909 bits per heavy atom. The van der Waals surface area contributed by atoms with Gasteiger partial charge in [-0.3, -0.25) is 4.79 Å². The smallest absolute Gasteiger partial charge is 0.289 e. The number of unbranched alkanes of at least 4 members (excludes halogenated alkanes) is 8. The van der Waals surface area contributed by atoms with Crippen molar-refractivity contribution in [3.8, 4) is 0 Å². The van der Waals surface area contributed by atoms with E-state index in [1.807, 2.05) is 0 Å². The normalized spacial score (nSPS) is 13.7. The lowest BCUT2D eigenvalue weighted by molar-refractivity contribution is -0.174. The van der Waals surface area contributed by atoms with Gasteiger partial charge >= 0.3 is 6.18 Å². The summed E-state index contributed by atoms with van der Waals surface area (Å²) in [4.78, 5) is 11.5. The summed E-state index contributed by atoms with van der Waals surface area (Å²) in [5.74, 6) is -2.58. The SMILES string of the molecule is CCCCCCC/C=C\C(CCCCCC)C(=O)C(F)(F)F. The molecule has 4 heteroatoms. The largest absolute Gasteiger partial charge is 0.450 e. The van der Waals surface area contributed by atoms with Gasteiger partial charge in [0, 0.05) is 5.92 Å². The standard InChI is InChI=1S/C18H31F3O/c1-3-5-7-9-10-11-13-15-16(14-12-8-6-4-2)17(22)18(19,20)21/h13,15-16H,3-12,14H2,1-2H3/b15-13-. The Kier molecular flexibility index (Phi) is 12.3. The minimum Gasteiger partial charge on any atom is -0.289 e. The van der Waals surface area contributed by atoms with E-state index in [2.05, 4.69) is 13.8 Å². The molecule has 0 amide bonds. The molecule has 0 spiro atoms. The Bertz CT molecular complexity index is 308. The molecule has 1 unspecified atom stereocenters. The van der Waals surface area contributed by atoms with Crippen LogP contribution in [0.2, 0.25) is 0 Å². The van der Waals surface area contributed by atoms with Crippen molar-refractivity contribution in [3.63, 3.8) is 0 Å². The second-order valence-electron chi connectivity index (χ2n) is 5.95. The molecule has 0 bridgehead atoms. The molecule has 0 aliphatic heterocycles. The Morgan fingerprint density at radius 3 is 2.00 bits per heavy atom. The molecule has 0 heterocycles. The van der Waals surface area contributed by atoms with Crippen molar-refractivity contribution in [3.05, 3.63) is 12.2 Å². The third-order valence-corrected chi connectivity index (χ3v) is 3.83. The predicted octanol–water partition coefficient (Wildman–Crippen LogP) is 6.62. The number of halogens is 3. The topological polar surface area (TPSA) is 17.1 Å². The zero-order valence-electron chi connectivity index (χ0n) is 14.1. The van der Waals surface area contributed by atoms with E-state index in [1.165, 1.54) is 25.3 Å². The molecule has 0 aliphatic carbocycles. The van der Waals surface area contributed by atoms with Crippen molar-refractivity contribution in [2.75, 3.05) is 0 Å². The number of alkyl halides is 3. The molecule has 0 radical (unpaired) electrons. The molecule has 0 aromatic rings. The maximum Gasteiger partial charge on any atom is 0.450 e. The zero-order chi connectivity index (χ0) is 16.8. The Morgan fingerprint density at radius 2 is 1.45 bits per heavy atom. The van der Waals surface area contributed by atoms with Crippen LogP contribution in [0.15, 0.2) is 12.2 Å². The van der Waals surface area contributed by atoms with Gasteiger partial charge in [0.25, 0.3) is 0 Å². The van der Waals surface area contributed by atoms with Crippen LogP contribution < -0.4 is 0 Å². The molecule has 0 saturated heterocycles. The number of Topliss-reactive ketones (excluding diaryl/α,β-unsaturated/α-hetero) is 1. The zero-order valence-corrected chi connectivity index (χ0v) is 14.1.